The summed E-state index contributed by atoms with van der Waals surface area (Å²) in [5.41, 5.74) is 0.810. The molecule has 6 heteroatoms. The summed E-state index contributed by atoms with van der Waals surface area (Å²) in [6.45, 7) is 3.42. The third-order valence-corrected chi connectivity index (χ3v) is 5.22. The molecule has 0 saturated carbocycles. The highest BCUT2D eigenvalue weighted by molar-refractivity contribution is 7.91. The fourth-order valence-electron chi connectivity index (χ4n) is 1.41. The molecule has 0 aliphatic heterocycles. The van der Waals surface area contributed by atoms with Gasteiger partial charge in [0.2, 0.25) is 0 Å². The molecule has 4 nitrogen and oxygen atoms in total. The zero-order valence-corrected chi connectivity index (χ0v) is 12.9. The van der Waals surface area contributed by atoms with Crippen molar-refractivity contribution in [3.05, 3.63) is 23.8 Å². The Kier molecular flexibility index (Phi) is 5.94. The summed E-state index contributed by atoms with van der Waals surface area (Å²) >= 11 is 5.81. The van der Waals surface area contributed by atoms with E-state index in [1.165, 1.54) is 0 Å². The van der Waals surface area contributed by atoms with Crippen LogP contribution >= 0.6 is 11.6 Å². The fraction of sp³-hybridized carbons (Fsp3) is 0.538. The van der Waals surface area contributed by atoms with Gasteiger partial charge in [-0.2, -0.15) is 0 Å². The van der Waals surface area contributed by atoms with E-state index >= 15 is 0 Å². The van der Waals surface area contributed by atoms with Gasteiger partial charge in [0.15, 0.2) is 9.84 Å². The molecule has 0 aromatic heterocycles. The number of hydrogen-bond donors (Lipinski definition) is 0. The first-order chi connectivity index (χ1) is 8.90. The first-order valence-electron chi connectivity index (χ1n) is 5.98. The molecule has 0 unspecified atom stereocenters. The minimum Gasteiger partial charge on any atom is -0.497 e. The highest BCUT2D eigenvalue weighted by Gasteiger charge is 2.16. The molecule has 0 fully saturated rings. The largest absolute Gasteiger partial charge is 0.497 e. The number of halogens is 1. The molecule has 0 N–H and O–H groups in total. The number of rotatable bonds is 7. The molecule has 1 rings (SSSR count). The van der Waals surface area contributed by atoms with Gasteiger partial charge in [-0.05, 0) is 19.9 Å². The molecule has 1 aromatic carbocycles. The van der Waals surface area contributed by atoms with E-state index in [1.807, 2.05) is 0 Å². The van der Waals surface area contributed by atoms with Gasteiger partial charge in [-0.3, -0.25) is 0 Å². The number of hydrogen-bond acceptors (Lipinski definition) is 4. The van der Waals surface area contributed by atoms with E-state index in [-0.39, 0.29) is 12.4 Å². The predicted molar refractivity (Wildman–Crippen MR) is 77.0 cm³/mol. The van der Waals surface area contributed by atoms with Gasteiger partial charge in [-0.25, -0.2) is 8.42 Å². The summed E-state index contributed by atoms with van der Waals surface area (Å²) < 4.78 is 33.9. The lowest BCUT2D eigenvalue weighted by Gasteiger charge is -2.12. The van der Waals surface area contributed by atoms with Crippen LogP contribution in [0.15, 0.2) is 18.2 Å². The zero-order chi connectivity index (χ0) is 14.5. The molecular weight excluding hydrogens is 288 g/mol. The molecule has 0 atom stereocenters. The second-order valence-corrected chi connectivity index (χ2v) is 7.32. The van der Waals surface area contributed by atoms with E-state index in [0.717, 1.165) is 5.56 Å². The number of sulfone groups is 1. The number of ether oxygens (including phenoxy) is 2. The van der Waals surface area contributed by atoms with E-state index in [0.29, 0.717) is 17.4 Å². The maximum Gasteiger partial charge on any atom is 0.155 e. The van der Waals surface area contributed by atoms with E-state index in [9.17, 15) is 8.42 Å². The Labute approximate surface area is 119 Å². The molecule has 0 heterocycles. The van der Waals surface area contributed by atoms with Crippen molar-refractivity contribution < 1.29 is 17.9 Å². The van der Waals surface area contributed by atoms with E-state index in [1.54, 1.807) is 39.2 Å². The molecule has 0 saturated heterocycles. The molecular formula is C13H19ClO4S. The minimum atomic E-state index is -3.09. The standard InChI is InChI=1S/C13H19ClO4S/c1-10(2)19(15,16)7-6-18-13-8-12(17-3)5-4-11(13)9-14/h4-5,8,10H,6-7,9H2,1-3H3. The first kappa shape index (κ1) is 16.1. The third-order valence-electron chi connectivity index (χ3n) is 2.76. The van der Waals surface area contributed by atoms with Crippen molar-refractivity contribution in [1.82, 2.24) is 0 Å². The van der Waals surface area contributed by atoms with Gasteiger partial charge in [0, 0.05) is 11.6 Å². The van der Waals surface area contributed by atoms with Crippen LogP contribution in [0.5, 0.6) is 11.5 Å². The van der Waals surface area contributed by atoms with Crippen molar-refractivity contribution in [2.45, 2.75) is 25.0 Å². The third kappa shape index (κ3) is 4.58. The van der Waals surface area contributed by atoms with Crippen molar-refractivity contribution in [3.8, 4) is 11.5 Å². The maximum atomic E-state index is 11.7. The Morgan fingerprint density at radius 1 is 1.32 bits per heavy atom. The summed E-state index contributed by atoms with van der Waals surface area (Å²) in [5.74, 6) is 1.50. The van der Waals surface area contributed by atoms with Crippen LogP contribution < -0.4 is 9.47 Å². The highest BCUT2D eigenvalue weighted by Crippen LogP contribution is 2.26. The Hall–Kier alpha value is -0.940. The Balaban J connectivity index is 2.72. The van der Waals surface area contributed by atoms with Gasteiger partial charge >= 0.3 is 0 Å². The van der Waals surface area contributed by atoms with Gasteiger partial charge in [0.25, 0.3) is 0 Å². The maximum absolute atomic E-state index is 11.7. The van der Waals surface area contributed by atoms with Crippen molar-refractivity contribution in [2.24, 2.45) is 0 Å². The normalized spacial score (nSPS) is 11.6. The highest BCUT2D eigenvalue weighted by atomic mass is 35.5. The van der Waals surface area contributed by atoms with Gasteiger partial charge in [0.05, 0.1) is 24.0 Å². The van der Waals surface area contributed by atoms with E-state index < -0.39 is 15.1 Å². The summed E-state index contributed by atoms with van der Waals surface area (Å²) in [6.07, 6.45) is 0. The van der Waals surface area contributed by atoms with Crippen molar-refractivity contribution in [1.29, 1.82) is 0 Å². The lowest BCUT2D eigenvalue weighted by molar-refractivity contribution is 0.334. The van der Waals surface area contributed by atoms with Crippen molar-refractivity contribution in [2.75, 3.05) is 19.5 Å². The second-order valence-electron chi connectivity index (χ2n) is 4.37. The number of methoxy groups -OCH3 is 1. The van der Waals surface area contributed by atoms with E-state index in [4.69, 9.17) is 21.1 Å². The Morgan fingerprint density at radius 2 is 2.00 bits per heavy atom. The quantitative estimate of drug-likeness (QED) is 0.727. The smallest absolute Gasteiger partial charge is 0.155 e. The van der Waals surface area contributed by atoms with Crippen LogP contribution in [0.25, 0.3) is 0 Å². The molecule has 1 aromatic rings. The minimum absolute atomic E-state index is 0.0103. The average Bonchev–Trinajstić information content (AvgIpc) is 2.38. The number of alkyl halides is 1. The van der Waals surface area contributed by atoms with Crippen LogP contribution in [0.2, 0.25) is 0 Å². The lowest BCUT2D eigenvalue weighted by Crippen LogP contribution is -2.22. The van der Waals surface area contributed by atoms with Crippen LogP contribution in [0.4, 0.5) is 0 Å². The average molecular weight is 307 g/mol. The lowest BCUT2D eigenvalue weighted by atomic mass is 10.2. The van der Waals surface area contributed by atoms with Gasteiger partial charge < -0.3 is 9.47 Å². The molecule has 0 radical (unpaired) electrons. The molecule has 0 spiro atoms. The van der Waals surface area contributed by atoms with Crippen molar-refractivity contribution >= 4 is 21.4 Å². The first-order valence-corrected chi connectivity index (χ1v) is 8.23. The van der Waals surface area contributed by atoms with Crippen LogP contribution in [0.3, 0.4) is 0 Å². The molecule has 19 heavy (non-hydrogen) atoms. The SMILES string of the molecule is COc1ccc(CCl)c(OCCS(=O)(=O)C(C)C)c1. The summed E-state index contributed by atoms with van der Waals surface area (Å²) in [7, 11) is -1.53. The summed E-state index contributed by atoms with van der Waals surface area (Å²) in [6, 6.07) is 5.30. The van der Waals surface area contributed by atoms with Crippen molar-refractivity contribution in [3.63, 3.8) is 0 Å². The van der Waals surface area contributed by atoms with Crippen LogP contribution in [0, 0.1) is 0 Å². The van der Waals surface area contributed by atoms with Crippen LogP contribution in [-0.2, 0) is 15.7 Å². The predicted octanol–water partition coefficient (Wildman–Crippen LogP) is 2.64. The monoisotopic (exact) mass is 306 g/mol. The second kappa shape index (κ2) is 7.01. The molecule has 0 aliphatic carbocycles. The fourth-order valence-corrected chi connectivity index (χ4v) is 2.42. The molecule has 108 valence electrons. The van der Waals surface area contributed by atoms with Crippen LogP contribution in [0.1, 0.15) is 19.4 Å². The Bertz CT molecular complexity index is 511. The zero-order valence-electron chi connectivity index (χ0n) is 11.3. The Morgan fingerprint density at radius 3 is 2.53 bits per heavy atom. The topological polar surface area (TPSA) is 52.6 Å². The molecule has 0 bridgehead atoms. The van der Waals surface area contributed by atoms with Gasteiger partial charge in [-0.1, -0.05) is 6.07 Å². The van der Waals surface area contributed by atoms with Gasteiger partial charge in [0.1, 0.15) is 18.1 Å². The number of benzene rings is 1. The summed E-state index contributed by atoms with van der Waals surface area (Å²) in [5, 5.41) is -0.395. The van der Waals surface area contributed by atoms with E-state index in [2.05, 4.69) is 0 Å². The van der Waals surface area contributed by atoms with Crippen LogP contribution in [-0.4, -0.2) is 33.1 Å². The molecule has 0 aliphatic rings. The summed E-state index contributed by atoms with van der Waals surface area (Å²) in [4.78, 5) is 0. The van der Waals surface area contributed by atoms with Gasteiger partial charge in [-0.15, -0.1) is 11.6 Å². The molecule has 0 amide bonds.